The predicted molar refractivity (Wildman–Crippen MR) is 52.4 cm³/mol. The Bertz CT molecular complexity index is 202. The van der Waals surface area contributed by atoms with E-state index in [-0.39, 0.29) is 0 Å². The van der Waals surface area contributed by atoms with Gasteiger partial charge in [-0.25, -0.2) is 0 Å². The first-order valence-electron chi connectivity index (χ1n) is 4.88. The predicted octanol–water partition coefficient (Wildman–Crippen LogP) is 2.16. The van der Waals surface area contributed by atoms with Gasteiger partial charge in [0.15, 0.2) is 0 Å². The van der Waals surface area contributed by atoms with Crippen LogP contribution in [0.5, 0.6) is 0 Å². The molecule has 2 fully saturated rings. The van der Waals surface area contributed by atoms with Crippen LogP contribution in [-0.4, -0.2) is 36.0 Å². The first kappa shape index (κ1) is 8.58. The Morgan fingerprint density at radius 3 is 3.08 bits per heavy atom. The topological polar surface area (TPSA) is 0 Å². The van der Waals surface area contributed by atoms with Crippen LogP contribution < -0.4 is 0 Å². The molecule has 0 aromatic heterocycles. The van der Waals surface area contributed by atoms with Gasteiger partial charge < -0.3 is 4.48 Å². The van der Waals surface area contributed by atoms with E-state index in [0.29, 0.717) is 0 Å². The molecule has 0 amide bonds. The van der Waals surface area contributed by atoms with Crippen molar-refractivity contribution >= 4 is 11.6 Å². The second kappa shape index (κ2) is 3.04. The average Bonchev–Trinajstić information content (AvgIpc) is 2.55. The largest absolute Gasteiger partial charge is 0.316 e. The summed E-state index contributed by atoms with van der Waals surface area (Å²) in [7, 11) is 0. The lowest BCUT2D eigenvalue weighted by molar-refractivity contribution is -0.922. The van der Waals surface area contributed by atoms with Gasteiger partial charge in [0.25, 0.3) is 0 Å². The molecule has 0 bridgehead atoms. The highest BCUT2D eigenvalue weighted by molar-refractivity contribution is 6.17. The quantitative estimate of drug-likeness (QED) is 0.352. The molecule has 2 heterocycles. The minimum absolute atomic E-state index is 0.767. The SMILES string of the molecule is C=C1CC[N+]2(CCCl)CCCC12. The van der Waals surface area contributed by atoms with Gasteiger partial charge >= 0.3 is 0 Å². The van der Waals surface area contributed by atoms with Gasteiger partial charge in [0.1, 0.15) is 6.04 Å². The lowest BCUT2D eigenvalue weighted by Gasteiger charge is -2.34. The van der Waals surface area contributed by atoms with Crippen molar-refractivity contribution in [3.63, 3.8) is 0 Å². The molecule has 2 atom stereocenters. The fourth-order valence-corrected chi connectivity index (χ4v) is 3.31. The van der Waals surface area contributed by atoms with Gasteiger partial charge in [0, 0.05) is 19.3 Å². The second-order valence-corrected chi connectivity index (χ2v) is 4.52. The van der Waals surface area contributed by atoms with Crippen LogP contribution in [0.3, 0.4) is 0 Å². The molecule has 0 radical (unpaired) electrons. The van der Waals surface area contributed by atoms with Crippen LogP contribution in [0.1, 0.15) is 19.3 Å². The maximum absolute atomic E-state index is 5.85. The highest BCUT2D eigenvalue weighted by atomic mass is 35.5. The molecule has 0 saturated carbocycles. The summed E-state index contributed by atoms with van der Waals surface area (Å²) in [5, 5.41) is 0. The lowest BCUT2D eigenvalue weighted by atomic mass is 10.1. The average molecular weight is 187 g/mol. The number of hydrogen-bond donors (Lipinski definition) is 0. The van der Waals surface area contributed by atoms with E-state index >= 15 is 0 Å². The first-order chi connectivity index (χ1) is 5.78. The van der Waals surface area contributed by atoms with Crippen molar-refractivity contribution < 1.29 is 4.48 Å². The molecule has 0 spiro atoms. The van der Waals surface area contributed by atoms with Crippen molar-refractivity contribution in [2.75, 3.05) is 25.5 Å². The number of hydrogen-bond acceptors (Lipinski definition) is 0. The summed E-state index contributed by atoms with van der Waals surface area (Å²) in [5.74, 6) is 0.809. The first-order valence-corrected chi connectivity index (χ1v) is 5.41. The molecule has 12 heavy (non-hydrogen) atoms. The Labute approximate surface area is 79.6 Å². The minimum atomic E-state index is 0.767. The van der Waals surface area contributed by atoms with Crippen molar-refractivity contribution in [3.8, 4) is 0 Å². The smallest absolute Gasteiger partial charge is 0.111 e. The Kier molecular flexibility index (Phi) is 2.18. The van der Waals surface area contributed by atoms with Crippen LogP contribution in [-0.2, 0) is 0 Å². The second-order valence-electron chi connectivity index (χ2n) is 4.14. The summed E-state index contributed by atoms with van der Waals surface area (Å²) in [6, 6.07) is 0.767. The Balaban J connectivity index is 2.17. The number of fused-ring (bicyclic) bond motifs is 1. The summed E-state index contributed by atoms with van der Waals surface area (Å²) in [6.07, 6.45) is 3.97. The molecule has 0 N–H and O–H groups in total. The summed E-state index contributed by atoms with van der Waals surface area (Å²) < 4.78 is 1.27. The number of alkyl halides is 1. The molecular formula is C10H17ClN+. The van der Waals surface area contributed by atoms with Crippen LogP contribution >= 0.6 is 11.6 Å². The van der Waals surface area contributed by atoms with E-state index in [1.807, 2.05) is 0 Å². The van der Waals surface area contributed by atoms with E-state index in [1.54, 1.807) is 0 Å². The number of quaternary nitrogens is 1. The third-order valence-electron chi connectivity index (χ3n) is 3.62. The van der Waals surface area contributed by atoms with Gasteiger partial charge in [-0.3, -0.25) is 0 Å². The van der Waals surface area contributed by atoms with E-state index in [9.17, 15) is 0 Å². The van der Waals surface area contributed by atoms with E-state index in [4.69, 9.17) is 11.6 Å². The molecule has 0 aromatic rings. The number of rotatable bonds is 2. The van der Waals surface area contributed by atoms with Crippen molar-refractivity contribution in [1.82, 2.24) is 0 Å². The van der Waals surface area contributed by atoms with Crippen molar-refractivity contribution in [3.05, 3.63) is 12.2 Å². The van der Waals surface area contributed by atoms with Crippen LogP contribution in [0, 0.1) is 0 Å². The number of nitrogens with zero attached hydrogens (tertiary/aromatic N) is 1. The molecule has 2 rings (SSSR count). The van der Waals surface area contributed by atoms with E-state index < -0.39 is 0 Å². The van der Waals surface area contributed by atoms with Crippen LogP contribution in [0.2, 0.25) is 0 Å². The monoisotopic (exact) mass is 186 g/mol. The normalized spacial score (nSPS) is 40.4. The molecule has 0 aromatic carbocycles. The molecule has 2 aliphatic rings. The standard InChI is InChI=1S/C10H17ClN/c1-9-4-7-12(8-5-11)6-2-3-10(9)12/h10H,1-8H2/q+1. The van der Waals surface area contributed by atoms with Gasteiger partial charge in [-0.05, 0) is 5.57 Å². The lowest BCUT2D eigenvalue weighted by Crippen LogP contribution is -2.49. The van der Waals surface area contributed by atoms with Crippen LogP contribution in [0.25, 0.3) is 0 Å². The van der Waals surface area contributed by atoms with Crippen LogP contribution in [0.4, 0.5) is 0 Å². The van der Waals surface area contributed by atoms with Crippen molar-refractivity contribution in [2.24, 2.45) is 0 Å². The molecular weight excluding hydrogens is 170 g/mol. The third kappa shape index (κ3) is 1.11. The van der Waals surface area contributed by atoms with Gasteiger partial charge in [-0.15, -0.1) is 11.6 Å². The van der Waals surface area contributed by atoms with Gasteiger partial charge in [0.2, 0.25) is 0 Å². The maximum Gasteiger partial charge on any atom is 0.111 e. The molecule has 1 nitrogen and oxygen atoms in total. The highest BCUT2D eigenvalue weighted by Crippen LogP contribution is 2.38. The summed E-state index contributed by atoms with van der Waals surface area (Å²) in [6.45, 7) is 7.97. The zero-order chi connectivity index (χ0) is 8.60. The zero-order valence-corrected chi connectivity index (χ0v) is 8.32. The van der Waals surface area contributed by atoms with Gasteiger partial charge in [0.05, 0.1) is 25.5 Å². The zero-order valence-electron chi connectivity index (χ0n) is 7.56. The van der Waals surface area contributed by atoms with Gasteiger partial charge in [-0.2, -0.15) is 0 Å². The Morgan fingerprint density at radius 2 is 2.33 bits per heavy atom. The van der Waals surface area contributed by atoms with Crippen molar-refractivity contribution in [2.45, 2.75) is 25.3 Å². The summed E-state index contributed by atoms with van der Waals surface area (Å²) in [4.78, 5) is 0. The molecule has 0 aliphatic carbocycles. The van der Waals surface area contributed by atoms with E-state index in [1.165, 1.54) is 42.4 Å². The van der Waals surface area contributed by atoms with E-state index in [0.717, 1.165) is 18.5 Å². The van der Waals surface area contributed by atoms with Crippen LogP contribution in [0.15, 0.2) is 12.2 Å². The molecule has 2 heteroatoms. The molecule has 2 unspecified atom stereocenters. The number of halogens is 1. The molecule has 2 saturated heterocycles. The van der Waals surface area contributed by atoms with Crippen molar-refractivity contribution in [1.29, 1.82) is 0 Å². The maximum atomic E-state index is 5.85. The molecule has 2 aliphatic heterocycles. The summed E-state index contributed by atoms with van der Waals surface area (Å²) in [5.41, 5.74) is 1.48. The fraction of sp³-hybridized carbons (Fsp3) is 0.800. The fourth-order valence-electron chi connectivity index (χ4n) is 2.97. The van der Waals surface area contributed by atoms with E-state index in [2.05, 4.69) is 6.58 Å². The highest BCUT2D eigenvalue weighted by Gasteiger charge is 2.46. The third-order valence-corrected chi connectivity index (χ3v) is 3.79. The summed E-state index contributed by atoms with van der Waals surface area (Å²) >= 11 is 5.85. The minimum Gasteiger partial charge on any atom is -0.316 e. The van der Waals surface area contributed by atoms with Gasteiger partial charge in [-0.1, -0.05) is 6.58 Å². The molecule has 68 valence electrons. The Hall–Kier alpha value is -0.0100. The Morgan fingerprint density at radius 1 is 1.50 bits per heavy atom.